The molecule has 1 fully saturated rings. The first kappa shape index (κ1) is 18.3. The molecule has 0 aliphatic carbocycles. The van der Waals surface area contributed by atoms with Crippen molar-refractivity contribution in [3.63, 3.8) is 0 Å². The molecule has 1 aliphatic heterocycles. The lowest BCUT2D eigenvalue weighted by Gasteiger charge is -2.37. The lowest BCUT2D eigenvalue weighted by atomic mass is 10.3. The highest BCUT2D eigenvalue weighted by molar-refractivity contribution is 7.72. The van der Waals surface area contributed by atoms with Crippen LogP contribution in [0.3, 0.4) is 0 Å². The van der Waals surface area contributed by atoms with Crippen LogP contribution in [-0.2, 0) is 9.53 Å². The monoisotopic (exact) mass is 369 g/mol. The predicted octanol–water partition coefficient (Wildman–Crippen LogP) is 5.09. The number of benzene rings is 2. The van der Waals surface area contributed by atoms with Crippen molar-refractivity contribution in [2.75, 3.05) is 29.0 Å². The van der Waals surface area contributed by atoms with E-state index in [-0.39, 0.29) is 12.4 Å². The second kappa shape index (κ2) is 7.79. The fraction of sp³-hybridized carbons (Fsp3) is 0.250. The Kier molecular flexibility index (Phi) is 5.48. The minimum atomic E-state index is -2.73. The van der Waals surface area contributed by atoms with E-state index in [1.807, 2.05) is 60.7 Å². The first-order valence-electron chi connectivity index (χ1n) is 8.71. The lowest BCUT2D eigenvalue weighted by molar-refractivity contribution is -0.142. The van der Waals surface area contributed by atoms with Gasteiger partial charge in [-0.15, -0.1) is 0 Å². The molecule has 1 aliphatic rings. The lowest BCUT2D eigenvalue weighted by Crippen LogP contribution is -2.21. The topological polar surface area (TPSA) is 56.6 Å². The number of rotatable bonds is 6. The molecule has 0 atom stereocenters. The summed E-state index contributed by atoms with van der Waals surface area (Å²) in [5.74, 6) is -0.322. The number of hydrogen-bond donors (Lipinski definition) is 1. The molecule has 0 unspecified atom stereocenters. The molecule has 5 nitrogen and oxygen atoms in total. The van der Waals surface area contributed by atoms with Gasteiger partial charge in [-0.25, -0.2) is 0 Å². The highest BCUT2D eigenvalue weighted by atomic mass is 31.2. The molecule has 2 aromatic rings. The van der Waals surface area contributed by atoms with Crippen molar-refractivity contribution in [3.05, 3.63) is 72.6 Å². The van der Waals surface area contributed by atoms with Crippen molar-refractivity contribution < 1.29 is 9.53 Å². The maximum absolute atomic E-state index is 12.1. The molecule has 0 aromatic heterocycles. The van der Waals surface area contributed by atoms with Crippen molar-refractivity contribution in [2.24, 2.45) is 0 Å². The van der Waals surface area contributed by atoms with Gasteiger partial charge in [0.2, 0.25) is 0 Å². The molecule has 0 bridgehead atoms. The summed E-state index contributed by atoms with van der Waals surface area (Å²) < 4.78 is 9.29. The van der Waals surface area contributed by atoms with Crippen LogP contribution in [0.25, 0.3) is 0 Å². The van der Waals surface area contributed by atoms with E-state index in [2.05, 4.69) is 15.9 Å². The van der Waals surface area contributed by atoms with Crippen LogP contribution in [0, 0.1) is 5.16 Å². The van der Waals surface area contributed by atoms with Gasteiger partial charge >= 0.3 is 5.97 Å². The summed E-state index contributed by atoms with van der Waals surface area (Å²) in [5, 5.41) is 10.1. The number of carbonyl (C=O) groups is 1. The van der Waals surface area contributed by atoms with Gasteiger partial charge in [0.15, 0.2) is 7.36 Å². The van der Waals surface area contributed by atoms with Crippen LogP contribution in [0.4, 0.5) is 11.4 Å². The van der Waals surface area contributed by atoms with Gasteiger partial charge in [0.25, 0.3) is 0 Å². The van der Waals surface area contributed by atoms with Gasteiger partial charge in [0.05, 0.1) is 13.0 Å². The summed E-state index contributed by atoms with van der Waals surface area (Å²) in [5.41, 5.74) is 1.97. The molecule has 3 rings (SSSR count). The van der Waals surface area contributed by atoms with Crippen molar-refractivity contribution in [2.45, 2.75) is 13.3 Å². The third-order valence-corrected chi connectivity index (χ3v) is 7.72. The fourth-order valence-corrected chi connectivity index (χ4v) is 6.22. The van der Waals surface area contributed by atoms with Gasteiger partial charge < -0.3 is 14.1 Å². The maximum atomic E-state index is 12.1. The molecular weight excluding hydrogens is 345 g/mol. The number of nitrogens with zero attached hydrogens (tertiary/aromatic N) is 2. The zero-order chi connectivity index (χ0) is 18.6. The Hall–Kier alpha value is -2.52. The van der Waals surface area contributed by atoms with E-state index in [1.165, 1.54) is 0 Å². The number of anilines is 2. The third-order valence-electron chi connectivity index (χ3n) is 4.43. The zero-order valence-electron chi connectivity index (χ0n) is 15.0. The Balaban J connectivity index is 2.00. The van der Waals surface area contributed by atoms with Gasteiger partial charge in [-0.1, -0.05) is 43.0 Å². The summed E-state index contributed by atoms with van der Waals surface area (Å²) in [6.45, 7) is 7.72. The first-order chi connectivity index (χ1) is 12.6. The van der Waals surface area contributed by atoms with Crippen LogP contribution in [0.1, 0.15) is 13.3 Å². The van der Waals surface area contributed by atoms with Gasteiger partial charge in [-0.2, -0.15) is 0 Å². The smallest absolute Gasteiger partial charge is 0.310 e. The molecule has 136 valence electrons. The van der Waals surface area contributed by atoms with Crippen LogP contribution in [-0.4, -0.2) is 25.7 Å². The Morgan fingerprint density at radius 2 is 1.50 bits per heavy atom. The van der Waals surface area contributed by atoms with E-state index >= 15 is 0 Å². The summed E-state index contributed by atoms with van der Waals surface area (Å²) >= 11 is 0. The standard InChI is InChI=1S/C20H24N3O2P/c1-3-25-20(24)16-17(2)26(21)22(18-10-6-4-7-11-18)14-15-23(26)19-12-8-5-9-13-19/h4-13,21H,2-3,14-16H2,1H3. The van der Waals surface area contributed by atoms with Crippen molar-refractivity contribution in [3.8, 4) is 0 Å². The van der Waals surface area contributed by atoms with Gasteiger partial charge in [0, 0.05) is 29.8 Å². The van der Waals surface area contributed by atoms with Crippen molar-refractivity contribution in [1.82, 2.24) is 0 Å². The minimum Gasteiger partial charge on any atom is -0.466 e. The van der Waals surface area contributed by atoms with Crippen LogP contribution >= 0.6 is 7.36 Å². The average molecular weight is 369 g/mol. The van der Waals surface area contributed by atoms with E-state index in [9.17, 15) is 9.96 Å². The fourth-order valence-electron chi connectivity index (χ4n) is 3.23. The molecule has 2 aromatic carbocycles. The molecule has 0 amide bonds. The summed E-state index contributed by atoms with van der Waals surface area (Å²) in [7, 11) is -2.73. The van der Waals surface area contributed by atoms with Gasteiger partial charge in [-0.3, -0.25) is 9.96 Å². The second-order valence-electron chi connectivity index (χ2n) is 6.07. The molecule has 1 saturated heterocycles. The van der Waals surface area contributed by atoms with E-state index in [0.29, 0.717) is 11.9 Å². The molecule has 0 radical (unpaired) electrons. The summed E-state index contributed by atoms with van der Waals surface area (Å²) in [4.78, 5) is 12.1. The van der Waals surface area contributed by atoms with Crippen LogP contribution < -0.4 is 9.34 Å². The highest BCUT2D eigenvalue weighted by Gasteiger charge is 2.42. The van der Waals surface area contributed by atoms with Crippen molar-refractivity contribution in [1.29, 1.82) is 5.16 Å². The Labute approximate surface area is 154 Å². The SMILES string of the molecule is C=C(CC(=O)OCC)P1(=N)N(c2ccccc2)CCN1c1ccccc1. The van der Waals surface area contributed by atoms with E-state index < -0.39 is 7.36 Å². The molecule has 0 saturated carbocycles. The predicted molar refractivity (Wildman–Crippen MR) is 108 cm³/mol. The number of carbonyl (C=O) groups excluding carboxylic acids is 1. The molecule has 1 heterocycles. The summed E-state index contributed by atoms with van der Waals surface area (Å²) in [6.07, 6.45) is 0.0672. The normalized spacial score (nSPS) is 15.7. The molecular formula is C20H24N3O2P. The minimum absolute atomic E-state index is 0.0672. The second-order valence-corrected chi connectivity index (χ2v) is 8.87. The van der Waals surface area contributed by atoms with Crippen molar-refractivity contribution >= 4 is 24.7 Å². The Morgan fingerprint density at radius 3 is 1.92 bits per heavy atom. The molecule has 26 heavy (non-hydrogen) atoms. The van der Waals surface area contributed by atoms with Crippen LogP contribution in [0.2, 0.25) is 0 Å². The largest absolute Gasteiger partial charge is 0.466 e. The Morgan fingerprint density at radius 1 is 1.04 bits per heavy atom. The molecule has 0 spiro atoms. The van der Waals surface area contributed by atoms with Crippen LogP contribution in [0.15, 0.2) is 72.6 Å². The average Bonchev–Trinajstić information content (AvgIpc) is 3.02. The van der Waals surface area contributed by atoms with E-state index in [0.717, 1.165) is 24.5 Å². The quantitative estimate of drug-likeness (QED) is 0.569. The number of para-hydroxylation sites is 2. The Bertz CT molecular complexity index is 772. The number of ether oxygens (including phenoxy) is 1. The van der Waals surface area contributed by atoms with Crippen LogP contribution in [0.5, 0.6) is 0 Å². The summed E-state index contributed by atoms with van der Waals surface area (Å²) in [6, 6.07) is 19.9. The highest BCUT2D eigenvalue weighted by Crippen LogP contribution is 2.66. The molecule has 1 N–H and O–H groups in total. The number of nitrogens with one attached hydrogen (secondary N) is 1. The van der Waals surface area contributed by atoms with E-state index in [1.54, 1.807) is 6.92 Å². The van der Waals surface area contributed by atoms with Gasteiger partial charge in [0.1, 0.15) is 0 Å². The van der Waals surface area contributed by atoms with Gasteiger partial charge in [-0.05, 0) is 31.2 Å². The zero-order valence-corrected chi connectivity index (χ0v) is 15.9. The number of hydrogen-bond acceptors (Lipinski definition) is 3. The third kappa shape index (κ3) is 3.40. The number of esters is 1. The first-order valence-corrected chi connectivity index (χ1v) is 10.4. The van der Waals surface area contributed by atoms with E-state index in [4.69, 9.17) is 4.74 Å². The molecule has 6 heteroatoms. The maximum Gasteiger partial charge on any atom is 0.310 e.